The lowest BCUT2D eigenvalue weighted by molar-refractivity contribution is -0.152. The SMILES string of the molecule is CCCc1c(Cc2ccc(-c3ccccc3-c3nnn[nH]3)cc2)c(=O)n2n1C(C1(C(=O)O)CC(C)=C(C)C1)CCC2. The van der Waals surface area contributed by atoms with Gasteiger partial charge in [0.05, 0.1) is 11.5 Å². The molecule has 0 amide bonds. The van der Waals surface area contributed by atoms with Gasteiger partial charge in [-0.3, -0.25) is 14.3 Å². The fourth-order valence-electron chi connectivity index (χ4n) is 7.03. The number of hydrogen-bond acceptors (Lipinski definition) is 5. The van der Waals surface area contributed by atoms with Crippen LogP contribution in [0.1, 0.15) is 75.7 Å². The van der Waals surface area contributed by atoms with E-state index in [0.29, 0.717) is 31.6 Å². The first kappa shape index (κ1) is 26.9. The number of nitrogens with zero attached hydrogens (tertiary/aromatic N) is 5. The molecule has 0 spiro atoms. The molecule has 1 aliphatic heterocycles. The summed E-state index contributed by atoms with van der Waals surface area (Å²) < 4.78 is 3.96. The Hall–Kier alpha value is -4.27. The molecule has 4 aromatic rings. The highest BCUT2D eigenvalue weighted by Gasteiger charge is 2.52. The normalized spacial score (nSPS) is 18.1. The molecule has 0 fully saturated rings. The number of carboxylic acid groups (broad SMARTS) is 1. The summed E-state index contributed by atoms with van der Waals surface area (Å²) in [6.45, 7) is 6.84. The maximum absolute atomic E-state index is 13.9. The van der Waals surface area contributed by atoms with Gasteiger partial charge < -0.3 is 5.11 Å². The summed E-state index contributed by atoms with van der Waals surface area (Å²) in [6.07, 6.45) is 4.79. The van der Waals surface area contributed by atoms with E-state index in [1.54, 1.807) is 0 Å². The van der Waals surface area contributed by atoms with Gasteiger partial charge >= 0.3 is 5.97 Å². The zero-order chi connectivity index (χ0) is 28.7. The number of nitrogens with one attached hydrogen (secondary N) is 1. The van der Waals surface area contributed by atoms with Crippen LogP contribution in [0.5, 0.6) is 0 Å². The molecule has 6 rings (SSSR count). The van der Waals surface area contributed by atoms with Crippen molar-refractivity contribution in [3.8, 4) is 22.5 Å². The summed E-state index contributed by atoms with van der Waals surface area (Å²) >= 11 is 0. The van der Waals surface area contributed by atoms with Crippen molar-refractivity contribution < 1.29 is 9.90 Å². The topological polar surface area (TPSA) is 119 Å². The fourth-order valence-corrected chi connectivity index (χ4v) is 7.03. The maximum atomic E-state index is 13.9. The second kappa shape index (κ2) is 10.6. The summed E-state index contributed by atoms with van der Waals surface area (Å²) in [6, 6.07) is 16.0. The Kier molecular flexibility index (Phi) is 6.97. The van der Waals surface area contributed by atoms with Gasteiger partial charge in [-0.2, -0.15) is 0 Å². The Labute approximate surface area is 238 Å². The van der Waals surface area contributed by atoms with Crippen LogP contribution >= 0.6 is 0 Å². The molecular formula is C32H36N6O3. The molecule has 2 aromatic carbocycles. The van der Waals surface area contributed by atoms with Crippen molar-refractivity contribution in [2.75, 3.05) is 0 Å². The van der Waals surface area contributed by atoms with E-state index in [2.05, 4.69) is 70.3 Å². The molecule has 1 atom stereocenters. The first-order valence-corrected chi connectivity index (χ1v) is 14.5. The molecule has 2 N–H and O–H groups in total. The van der Waals surface area contributed by atoms with E-state index in [-0.39, 0.29) is 11.6 Å². The van der Waals surface area contributed by atoms with Gasteiger partial charge in [0.1, 0.15) is 0 Å². The number of fused-ring (bicyclic) bond motifs is 1. The quantitative estimate of drug-likeness (QED) is 0.276. The van der Waals surface area contributed by atoms with Crippen LogP contribution < -0.4 is 5.56 Å². The highest BCUT2D eigenvalue weighted by atomic mass is 16.4. The Balaban J connectivity index is 1.37. The van der Waals surface area contributed by atoms with Gasteiger partial charge in [-0.1, -0.05) is 73.0 Å². The minimum Gasteiger partial charge on any atom is -0.481 e. The number of aromatic nitrogens is 6. The standard InChI is InChI=1S/C32H36N6O3/c1-4-8-27-26(17-22-12-14-23(15-13-22)24-9-5-6-10-25(24)29-33-35-36-34-29)30(39)37-16-7-11-28(38(27)37)32(31(40)41)18-20(2)21(3)19-32/h5-6,9-10,12-15,28H,4,7-8,11,16-19H2,1-3H3,(H,40,41)(H,33,34,35,36). The van der Waals surface area contributed by atoms with Gasteiger partial charge in [0.2, 0.25) is 0 Å². The smallest absolute Gasteiger partial charge is 0.312 e. The van der Waals surface area contributed by atoms with Crippen LogP contribution in [0, 0.1) is 5.41 Å². The molecule has 1 unspecified atom stereocenters. The lowest BCUT2D eigenvalue weighted by atomic mass is 9.74. The van der Waals surface area contributed by atoms with Crippen LogP contribution in [0.25, 0.3) is 22.5 Å². The second-order valence-electron chi connectivity index (χ2n) is 11.7. The Morgan fingerprint density at radius 1 is 1.07 bits per heavy atom. The number of carboxylic acids is 1. The molecule has 9 heteroatoms. The average molecular weight is 553 g/mol. The van der Waals surface area contributed by atoms with Crippen LogP contribution in [-0.2, 0) is 24.2 Å². The summed E-state index contributed by atoms with van der Waals surface area (Å²) in [5, 5.41) is 24.9. The first-order valence-electron chi connectivity index (χ1n) is 14.5. The first-order chi connectivity index (χ1) is 19.8. The summed E-state index contributed by atoms with van der Waals surface area (Å²) in [4.78, 5) is 26.8. The van der Waals surface area contributed by atoms with Gasteiger partial charge in [0.15, 0.2) is 5.82 Å². The monoisotopic (exact) mass is 552 g/mol. The average Bonchev–Trinajstić information content (AvgIpc) is 3.69. The molecule has 3 heterocycles. The third-order valence-electron chi connectivity index (χ3n) is 9.13. The highest BCUT2D eigenvalue weighted by molar-refractivity contribution is 5.80. The molecule has 0 saturated heterocycles. The molecule has 2 aromatic heterocycles. The van der Waals surface area contributed by atoms with E-state index in [4.69, 9.17) is 0 Å². The van der Waals surface area contributed by atoms with E-state index in [1.165, 1.54) is 0 Å². The van der Waals surface area contributed by atoms with Crippen LogP contribution in [-0.4, -0.2) is 41.1 Å². The highest BCUT2D eigenvalue weighted by Crippen LogP contribution is 2.52. The van der Waals surface area contributed by atoms with Crippen molar-refractivity contribution in [2.45, 2.75) is 78.3 Å². The van der Waals surface area contributed by atoms with E-state index in [1.807, 2.05) is 28.9 Å². The lowest BCUT2D eigenvalue weighted by Crippen LogP contribution is -2.44. The molecule has 0 bridgehead atoms. The third-order valence-corrected chi connectivity index (χ3v) is 9.13. The number of aromatic amines is 1. The number of carbonyl (C=O) groups is 1. The summed E-state index contributed by atoms with van der Waals surface area (Å²) in [5.74, 6) is -0.146. The lowest BCUT2D eigenvalue weighted by Gasteiger charge is -2.40. The Bertz CT molecular complexity index is 1660. The largest absolute Gasteiger partial charge is 0.481 e. The number of hydrogen-bond donors (Lipinski definition) is 2. The molecule has 9 nitrogen and oxygen atoms in total. The van der Waals surface area contributed by atoms with Crippen LogP contribution in [0.3, 0.4) is 0 Å². The van der Waals surface area contributed by atoms with Gasteiger partial charge in [-0.25, -0.2) is 9.78 Å². The van der Waals surface area contributed by atoms with Crippen molar-refractivity contribution in [3.63, 3.8) is 0 Å². The zero-order valence-corrected chi connectivity index (χ0v) is 23.9. The minimum absolute atomic E-state index is 0.0188. The minimum atomic E-state index is -0.907. The summed E-state index contributed by atoms with van der Waals surface area (Å²) in [7, 11) is 0. The van der Waals surface area contributed by atoms with Crippen molar-refractivity contribution in [1.82, 2.24) is 30.0 Å². The van der Waals surface area contributed by atoms with Gasteiger partial charge in [0.25, 0.3) is 5.56 Å². The third kappa shape index (κ3) is 4.53. The van der Waals surface area contributed by atoms with E-state index in [9.17, 15) is 14.7 Å². The van der Waals surface area contributed by atoms with Crippen molar-refractivity contribution in [1.29, 1.82) is 0 Å². The predicted molar refractivity (Wildman–Crippen MR) is 156 cm³/mol. The van der Waals surface area contributed by atoms with E-state index < -0.39 is 11.4 Å². The molecular weight excluding hydrogens is 516 g/mol. The number of aliphatic carboxylic acids is 1. The Morgan fingerprint density at radius 2 is 1.78 bits per heavy atom. The van der Waals surface area contributed by atoms with Gasteiger partial charge in [-0.05, 0) is 73.1 Å². The molecule has 212 valence electrons. The molecule has 0 radical (unpaired) electrons. The van der Waals surface area contributed by atoms with E-state index in [0.717, 1.165) is 70.3 Å². The molecule has 41 heavy (non-hydrogen) atoms. The number of benzene rings is 2. The van der Waals surface area contributed by atoms with Crippen molar-refractivity contribution >= 4 is 5.97 Å². The fraction of sp³-hybridized carbons (Fsp3) is 0.406. The molecule has 1 aliphatic carbocycles. The van der Waals surface area contributed by atoms with Crippen LogP contribution in [0.15, 0.2) is 64.5 Å². The molecule has 2 aliphatic rings. The number of H-pyrrole nitrogens is 1. The summed E-state index contributed by atoms with van der Waals surface area (Å²) in [5.41, 5.74) is 7.24. The van der Waals surface area contributed by atoms with Crippen LogP contribution in [0.2, 0.25) is 0 Å². The number of allylic oxidation sites excluding steroid dienone is 2. The zero-order valence-electron chi connectivity index (χ0n) is 23.9. The Morgan fingerprint density at radius 3 is 2.41 bits per heavy atom. The molecule has 0 saturated carbocycles. The van der Waals surface area contributed by atoms with Crippen molar-refractivity contribution in [2.24, 2.45) is 5.41 Å². The predicted octanol–water partition coefficient (Wildman–Crippen LogP) is 5.58. The van der Waals surface area contributed by atoms with E-state index >= 15 is 0 Å². The maximum Gasteiger partial charge on any atom is 0.312 e. The number of tetrazole rings is 1. The van der Waals surface area contributed by atoms with Gasteiger partial charge in [0, 0.05) is 29.8 Å². The van der Waals surface area contributed by atoms with Gasteiger partial charge in [-0.15, -0.1) is 5.10 Å². The van der Waals surface area contributed by atoms with Crippen LogP contribution in [0.4, 0.5) is 0 Å². The second-order valence-corrected chi connectivity index (χ2v) is 11.7. The number of rotatable bonds is 8. The van der Waals surface area contributed by atoms with Crippen molar-refractivity contribution in [3.05, 3.63) is 86.9 Å².